The molecule has 1 aliphatic heterocycles. The zero-order valence-corrected chi connectivity index (χ0v) is 14.0. The maximum absolute atomic E-state index is 12.4. The molecule has 122 valence electrons. The van der Waals surface area contributed by atoms with Crippen LogP contribution in [0, 0.1) is 0 Å². The van der Waals surface area contributed by atoms with Crippen LogP contribution >= 0.6 is 0 Å². The molecule has 1 heterocycles. The molecule has 2 atom stereocenters. The molecule has 1 aliphatic rings. The lowest BCUT2D eigenvalue weighted by atomic mass is 10.1. The molecular formula is C16H24N2O3S. The second kappa shape index (κ2) is 7.13. The van der Waals surface area contributed by atoms with E-state index in [1.165, 1.54) is 6.26 Å². The van der Waals surface area contributed by atoms with Crippen LogP contribution in [0.4, 0.5) is 4.79 Å². The van der Waals surface area contributed by atoms with Crippen LogP contribution < -0.4 is 5.32 Å². The predicted molar refractivity (Wildman–Crippen MR) is 87.4 cm³/mol. The van der Waals surface area contributed by atoms with Crippen LogP contribution in [0.1, 0.15) is 37.8 Å². The third-order valence-electron chi connectivity index (χ3n) is 3.99. The molecule has 0 unspecified atom stereocenters. The molecule has 0 saturated carbocycles. The first-order chi connectivity index (χ1) is 10.4. The minimum Gasteiger partial charge on any atom is -0.335 e. The van der Waals surface area contributed by atoms with Gasteiger partial charge >= 0.3 is 6.03 Å². The van der Waals surface area contributed by atoms with Gasteiger partial charge < -0.3 is 10.2 Å². The van der Waals surface area contributed by atoms with Crippen molar-refractivity contribution in [3.05, 3.63) is 35.9 Å². The van der Waals surface area contributed by atoms with Crippen LogP contribution in [0.3, 0.4) is 0 Å². The van der Waals surface area contributed by atoms with E-state index in [4.69, 9.17) is 0 Å². The van der Waals surface area contributed by atoms with Crippen molar-refractivity contribution in [3.63, 3.8) is 0 Å². The summed E-state index contributed by atoms with van der Waals surface area (Å²) in [4.78, 5) is 14.3. The van der Waals surface area contributed by atoms with Crippen LogP contribution in [0.25, 0.3) is 0 Å². The van der Waals surface area contributed by atoms with Gasteiger partial charge in [-0.05, 0) is 31.7 Å². The SMILES string of the molecule is C[C@@H](CCS(C)(=O)=O)NC(=O)N1CCC[C@H]1c1ccccc1. The number of nitrogens with one attached hydrogen (secondary N) is 1. The number of amides is 2. The molecule has 5 nitrogen and oxygen atoms in total. The summed E-state index contributed by atoms with van der Waals surface area (Å²) in [5.41, 5.74) is 1.15. The zero-order valence-electron chi connectivity index (χ0n) is 13.2. The second-order valence-electron chi connectivity index (χ2n) is 6.03. The lowest BCUT2D eigenvalue weighted by Gasteiger charge is -2.27. The molecular weight excluding hydrogens is 300 g/mol. The number of likely N-dealkylation sites (tertiary alicyclic amines) is 1. The molecule has 1 saturated heterocycles. The number of carbonyl (C=O) groups is 1. The zero-order chi connectivity index (χ0) is 16.2. The molecule has 2 rings (SSSR count). The first-order valence-corrected chi connectivity index (χ1v) is 9.72. The van der Waals surface area contributed by atoms with Crippen molar-refractivity contribution in [1.82, 2.24) is 10.2 Å². The Morgan fingerprint density at radius 1 is 1.36 bits per heavy atom. The van der Waals surface area contributed by atoms with Gasteiger partial charge in [-0.25, -0.2) is 13.2 Å². The Morgan fingerprint density at radius 3 is 2.68 bits per heavy atom. The van der Waals surface area contributed by atoms with Crippen LogP contribution in [0.2, 0.25) is 0 Å². The maximum atomic E-state index is 12.4. The molecule has 0 bridgehead atoms. The number of sulfone groups is 1. The lowest BCUT2D eigenvalue weighted by Crippen LogP contribution is -2.44. The topological polar surface area (TPSA) is 66.5 Å². The minimum absolute atomic E-state index is 0.0938. The highest BCUT2D eigenvalue weighted by molar-refractivity contribution is 7.90. The number of carbonyl (C=O) groups excluding carboxylic acids is 1. The predicted octanol–water partition coefficient (Wildman–Crippen LogP) is 2.36. The summed E-state index contributed by atoms with van der Waals surface area (Å²) in [6.45, 7) is 2.58. The first kappa shape index (κ1) is 16.8. The van der Waals surface area contributed by atoms with E-state index in [1.807, 2.05) is 42.2 Å². The fourth-order valence-electron chi connectivity index (χ4n) is 2.79. The highest BCUT2D eigenvalue weighted by Gasteiger charge is 2.30. The number of hydrogen-bond acceptors (Lipinski definition) is 3. The van der Waals surface area contributed by atoms with Crippen LogP contribution in [0.5, 0.6) is 0 Å². The second-order valence-corrected chi connectivity index (χ2v) is 8.29. The Labute approximate surface area is 132 Å². The largest absolute Gasteiger partial charge is 0.335 e. The van der Waals surface area contributed by atoms with Gasteiger partial charge in [-0.1, -0.05) is 30.3 Å². The Bertz CT molecular complexity index is 601. The molecule has 1 aromatic carbocycles. The Kier molecular flexibility index (Phi) is 5.45. The van der Waals surface area contributed by atoms with Gasteiger partial charge in [0.05, 0.1) is 11.8 Å². The Hall–Kier alpha value is -1.56. The van der Waals surface area contributed by atoms with Crippen LogP contribution in [-0.2, 0) is 9.84 Å². The van der Waals surface area contributed by atoms with E-state index in [0.29, 0.717) is 6.42 Å². The molecule has 0 radical (unpaired) electrons. The van der Waals surface area contributed by atoms with Gasteiger partial charge in [0.2, 0.25) is 0 Å². The molecule has 2 amide bonds. The Balaban J connectivity index is 1.94. The van der Waals surface area contributed by atoms with Crippen molar-refractivity contribution >= 4 is 15.9 Å². The van der Waals surface area contributed by atoms with E-state index in [1.54, 1.807) is 0 Å². The van der Waals surface area contributed by atoms with Crippen molar-refractivity contribution in [2.24, 2.45) is 0 Å². The summed E-state index contributed by atoms with van der Waals surface area (Å²) >= 11 is 0. The van der Waals surface area contributed by atoms with Crippen molar-refractivity contribution in [1.29, 1.82) is 0 Å². The first-order valence-electron chi connectivity index (χ1n) is 7.66. The minimum atomic E-state index is -2.99. The van der Waals surface area contributed by atoms with Crippen LogP contribution in [0.15, 0.2) is 30.3 Å². The summed E-state index contributed by atoms with van der Waals surface area (Å²) < 4.78 is 22.4. The highest BCUT2D eigenvalue weighted by atomic mass is 32.2. The third-order valence-corrected chi connectivity index (χ3v) is 4.97. The third kappa shape index (κ3) is 4.73. The number of rotatable bonds is 5. The van der Waals surface area contributed by atoms with Gasteiger partial charge in [-0.3, -0.25) is 0 Å². The summed E-state index contributed by atoms with van der Waals surface area (Å²) in [5, 5.41) is 2.92. The van der Waals surface area contributed by atoms with E-state index in [2.05, 4.69) is 5.32 Å². The van der Waals surface area contributed by atoms with E-state index < -0.39 is 9.84 Å². The van der Waals surface area contributed by atoms with E-state index in [-0.39, 0.29) is 23.9 Å². The molecule has 1 N–H and O–H groups in total. The fraction of sp³-hybridized carbons (Fsp3) is 0.562. The average molecular weight is 324 g/mol. The van der Waals surface area contributed by atoms with E-state index >= 15 is 0 Å². The standard InChI is InChI=1S/C16H24N2O3S/c1-13(10-12-22(2,20)21)17-16(19)18-11-6-9-15(18)14-7-4-3-5-8-14/h3-5,7-8,13,15H,6,9-12H2,1-2H3,(H,17,19)/t13-,15-/m0/s1. The molecule has 1 fully saturated rings. The van der Waals surface area contributed by atoms with Crippen molar-refractivity contribution in [3.8, 4) is 0 Å². The van der Waals surface area contributed by atoms with Crippen molar-refractivity contribution < 1.29 is 13.2 Å². The average Bonchev–Trinajstić information content (AvgIpc) is 2.95. The molecule has 0 aliphatic carbocycles. The lowest BCUT2D eigenvalue weighted by molar-refractivity contribution is 0.189. The van der Waals surface area contributed by atoms with Crippen molar-refractivity contribution in [2.75, 3.05) is 18.6 Å². The smallest absolute Gasteiger partial charge is 0.318 e. The van der Waals surface area contributed by atoms with Gasteiger partial charge in [0.25, 0.3) is 0 Å². The highest BCUT2D eigenvalue weighted by Crippen LogP contribution is 2.31. The molecule has 0 aromatic heterocycles. The number of benzene rings is 1. The number of urea groups is 1. The molecule has 1 aromatic rings. The van der Waals surface area contributed by atoms with E-state index in [9.17, 15) is 13.2 Å². The number of hydrogen-bond donors (Lipinski definition) is 1. The van der Waals surface area contributed by atoms with Gasteiger partial charge in [0, 0.05) is 18.8 Å². The summed E-state index contributed by atoms with van der Waals surface area (Å²) in [6.07, 6.45) is 3.61. The number of nitrogens with zero attached hydrogens (tertiary/aromatic N) is 1. The van der Waals surface area contributed by atoms with Crippen molar-refractivity contribution in [2.45, 2.75) is 38.3 Å². The van der Waals surface area contributed by atoms with Gasteiger partial charge in [-0.15, -0.1) is 0 Å². The Morgan fingerprint density at radius 2 is 2.05 bits per heavy atom. The normalized spacial score (nSPS) is 19.9. The van der Waals surface area contributed by atoms with Gasteiger partial charge in [0.15, 0.2) is 0 Å². The van der Waals surface area contributed by atoms with Gasteiger partial charge in [0.1, 0.15) is 9.84 Å². The van der Waals surface area contributed by atoms with Gasteiger partial charge in [-0.2, -0.15) is 0 Å². The summed E-state index contributed by atoms with van der Waals surface area (Å²) in [7, 11) is -2.99. The maximum Gasteiger partial charge on any atom is 0.318 e. The summed E-state index contributed by atoms with van der Waals surface area (Å²) in [5.74, 6) is 0.0938. The quantitative estimate of drug-likeness (QED) is 0.904. The van der Waals surface area contributed by atoms with E-state index in [0.717, 1.165) is 24.9 Å². The molecule has 6 heteroatoms. The fourth-order valence-corrected chi connectivity index (χ4v) is 3.57. The molecule has 0 spiro atoms. The monoisotopic (exact) mass is 324 g/mol. The molecule has 22 heavy (non-hydrogen) atoms. The summed E-state index contributed by atoms with van der Waals surface area (Å²) in [6, 6.07) is 9.88. The van der Waals surface area contributed by atoms with Crippen LogP contribution in [-0.4, -0.2) is 43.9 Å².